The summed E-state index contributed by atoms with van der Waals surface area (Å²) in [5, 5.41) is 18.4. The number of alkyl halides is 3. The molecule has 1 aliphatic heterocycles. The molecule has 9 heteroatoms. The molecule has 2 heterocycles. The van der Waals surface area contributed by atoms with Gasteiger partial charge in [-0.3, -0.25) is 4.79 Å². The minimum atomic E-state index is -4.82. The Balaban J connectivity index is 2.20. The molecule has 120 valence electrons. The number of rotatable bonds is 2. The second-order valence-electron chi connectivity index (χ2n) is 5.14. The Morgan fingerprint density at radius 3 is 2.45 bits per heavy atom. The molecule has 0 aromatic carbocycles. The fourth-order valence-electron chi connectivity index (χ4n) is 2.27. The van der Waals surface area contributed by atoms with Crippen LogP contribution in [0.2, 0.25) is 0 Å². The molecule has 0 bridgehead atoms. The molecule has 0 spiro atoms. The number of aryl methyl sites for hydroxylation is 1. The summed E-state index contributed by atoms with van der Waals surface area (Å²) in [6.07, 6.45) is -5.42. The number of hydrogen-bond donors (Lipinski definition) is 2. The molecule has 0 saturated carbocycles. The molecule has 2 N–H and O–H groups in total. The predicted octanol–water partition coefficient (Wildman–Crippen LogP) is 1.23. The van der Waals surface area contributed by atoms with Gasteiger partial charge in [-0.15, -0.1) is 0 Å². The highest BCUT2D eigenvalue weighted by molar-refractivity contribution is 5.94. The van der Waals surface area contributed by atoms with E-state index in [1.165, 1.54) is 13.0 Å². The number of pyridine rings is 1. The van der Waals surface area contributed by atoms with Crippen LogP contribution < -0.4 is 0 Å². The topological polar surface area (TPSA) is 90.7 Å². The molecule has 2 rings (SSSR count). The SMILES string of the molecule is Cc1nc(C(=O)N2CCC(O)(C(F)(F)F)C2)ccc1C(=O)O. The van der Waals surface area contributed by atoms with E-state index in [0.29, 0.717) is 0 Å². The van der Waals surface area contributed by atoms with Gasteiger partial charge in [0.1, 0.15) is 5.69 Å². The van der Waals surface area contributed by atoms with Crippen molar-refractivity contribution in [3.05, 3.63) is 29.1 Å². The third-order valence-electron chi connectivity index (χ3n) is 3.60. The predicted molar refractivity (Wildman–Crippen MR) is 67.5 cm³/mol. The first-order valence-corrected chi connectivity index (χ1v) is 6.34. The van der Waals surface area contributed by atoms with Gasteiger partial charge in [0, 0.05) is 13.0 Å². The maximum absolute atomic E-state index is 12.7. The fourth-order valence-corrected chi connectivity index (χ4v) is 2.27. The van der Waals surface area contributed by atoms with Gasteiger partial charge in [0.05, 0.1) is 17.8 Å². The zero-order valence-corrected chi connectivity index (χ0v) is 11.5. The van der Waals surface area contributed by atoms with Crippen molar-refractivity contribution in [2.75, 3.05) is 13.1 Å². The molecule has 1 aromatic heterocycles. The number of likely N-dealkylation sites (tertiary alicyclic amines) is 1. The van der Waals surface area contributed by atoms with Crippen molar-refractivity contribution in [2.45, 2.75) is 25.1 Å². The van der Waals surface area contributed by atoms with Gasteiger partial charge in [-0.2, -0.15) is 13.2 Å². The molecule has 1 aromatic rings. The van der Waals surface area contributed by atoms with Crippen molar-refractivity contribution < 1.29 is 33.0 Å². The van der Waals surface area contributed by atoms with E-state index in [9.17, 15) is 27.9 Å². The quantitative estimate of drug-likeness (QED) is 0.856. The molecule has 1 atom stereocenters. The third-order valence-corrected chi connectivity index (χ3v) is 3.60. The first-order chi connectivity index (χ1) is 10.0. The van der Waals surface area contributed by atoms with Crippen LogP contribution in [0.5, 0.6) is 0 Å². The Labute approximate surface area is 123 Å². The summed E-state index contributed by atoms with van der Waals surface area (Å²) in [5.41, 5.74) is -3.08. The molecule has 1 unspecified atom stereocenters. The number of halogens is 3. The molecule has 1 fully saturated rings. The Bertz CT molecular complexity index is 632. The summed E-state index contributed by atoms with van der Waals surface area (Å²) >= 11 is 0. The van der Waals surface area contributed by atoms with E-state index in [1.54, 1.807) is 0 Å². The summed E-state index contributed by atoms with van der Waals surface area (Å²) in [5.74, 6) is -1.99. The smallest absolute Gasteiger partial charge is 0.419 e. The Morgan fingerprint density at radius 2 is 2.00 bits per heavy atom. The van der Waals surface area contributed by atoms with Gasteiger partial charge in [-0.25, -0.2) is 9.78 Å². The van der Waals surface area contributed by atoms with Gasteiger partial charge < -0.3 is 15.1 Å². The standard InChI is InChI=1S/C13H13F3N2O4/c1-7-8(11(20)21)2-3-9(17-7)10(19)18-5-4-12(22,6-18)13(14,15)16/h2-3,22H,4-6H2,1H3,(H,20,21). The molecule has 0 aliphatic carbocycles. The van der Waals surface area contributed by atoms with Gasteiger partial charge in [0.25, 0.3) is 5.91 Å². The van der Waals surface area contributed by atoms with Crippen molar-refractivity contribution in [3.63, 3.8) is 0 Å². The molecule has 1 amide bonds. The Hall–Kier alpha value is -2.16. The normalized spacial score (nSPS) is 22.0. The molecule has 22 heavy (non-hydrogen) atoms. The maximum atomic E-state index is 12.7. The van der Waals surface area contributed by atoms with Gasteiger partial charge in [-0.05, 0) is 19.1 Å². The maximum Gasteiger partial charge on any atom is 0.419 e. The number of aliphatic hydroxyl groups is 1. The number of carbonyl (C=O) groups is 2. The average Bonchev–Trinajstić information content (AvgIpc) is 2.81. The number of β-amino-alcohol motifs (C(OH)–C–C–N with tert-alkyl or cyclic N) is 1. The van der Waals surface area contributed by atoms with Crippen LogP contribution >= 0.6 is 0 Å². The monoisotopic (exact) mass is 318 g/mol. The van der Waals surface area contributed by atoms with E-state index in [-0.39, 0.29) is 23.5 Å². The molecule has 6 nitrogen and oxygen atoms in total. The highest BCUT2D eigenvalue weighted by atomic mass is 19.4. The number of carboxylic acids is 1. The van der Waals surface area contributed by atoms with Crippen molar-refractivity contribution in [1.29, 1.82) is 0 Å². The van der Waals surface area contributed by atoms with E-state index in [1.807, 2.05) is 0 Å². The minimum Gasteiger partial charge on any atom is -0.478 e. The summed E-state index contributed by atoms with van der Waals surface area (Å²) in [6.45, 7) is 0.267. The lowest BCUT2D eigenvalue weighted by atomic mass is 10.0. The zero-order valence-electron chi connectivity index (χ0n) is 11.5. The van der Waals surface area contributed by atoms with Crippen LogP contribution in [0, 0.1) is 6.92 Å². The average molecular weight is 318 g/mol. The van der Waals surface area contributed by atoms with Crippen LogP contribution in [0.15, 0.2) is 12.1 Å². The number of nitrogens with zero attached hydrogens (tertiary/aromatic N) is 2. The second kappa shape index (κ2) is 5.24. The van der Waals surface area contributed by atoms with Crippen molar-refractivity contribution in [1.82, 2.24) is 9.88 Å². The van der Waals surface area contributed by atoms with Crippen LogP contribution in [0.3, 0.4) is 0 Å². The van der Waals surface area contributed by atoms with Crippen LogP contribution in [-0.4, -0.2) is 56.8 Å². The van der Waals surface area contributed by atoms with Crippen LogP contribution in [-0.2, 0) is 0 Å². The van der Waals surface area contributed by atoms with E-state index in [2.05, 4.69) is 4.98 Å². The van der Waals surface area contributed by atoms with Crippen molar-refractivity contribution in [3.8, 4) is 0 Å². The van der Waals surface area contributed by atoms with Crippen LogP contribution in [0.25, 0.3) is 0 Å². The van der Waals surface area contributed by atoms with E-state index in [0.717, 1.165) is 11.0 Å². The largest absolute Gasteiger partial charge is 0.478 e. The lowest BCUT2D eigenvalue weighted by Gasteiger charge is -2.25. The number of aromatic nitrogens is 1. The van der Waals surface area contributed by atoms with E-state index < -0.39 is 36.6 Å². The molecular formula is C13H13F3N2O4. The van der Waals surface area contributed by atoms with Gasteiger partial charge in [0.2, 0.25) is 0 Å². The molecule has 1 aliphatic rings. The second-order valence-corrected chi connectivity index (χ2v) is 5.14. The zero-order chi connectivity index (χ0) is 16.7. The lowest BCUT2D eigenvalue weighted by molar-refractivity contribution is -0.253. The lowest BCUT2D eigenvalue weighted by Crippen LogP contribution is -2.48. The van der Waals surface area contributed by atoms with Crippen LogP contribution in [0.4, 0.5) is 13.2 Å². The van der Waals surface area contributed by atoms with Gasteiger partial charge >= 0.3 is 12.1 Å². The number of carbonyl (C=O) groups excluding carboxylic acids is 1. The van der Waals surface area contributed by atoms with Crippen LogP contribution in [0.1, 0.15) is 33.0 Å². The van der Waals surface area contributed by atoms with Crippen molar-refractivity contribution in [2.24, 2.45) is 0 Å². The van der Waals surface area contributed by atoms with Crippen molar-refractivity contribution >= 4 is 11.9 Å². The third kappa shape index (κ3) is 2.76. The van der Waals surface area contributed by atoms with Gasteiger partial charge in [-0.1, -0.05) is 0 Å². The first kappa shape index (κ1) is 16.2. The molecule has 0 radical (unpaired) electrons. The summed E-state index contributed by atoms with van der Waals surface area (Å²) < 4.78 is 38.2. The number of amides is 1. The minimum absolute atomic E-state index is 0.0867. The summed E-state index contributed by atoms with van der Waals surface area (Å²) in [4.78, 5) is 27.7. The van der Waals surface area contributed by atoms with Gasteiger partial charge in [0.15, 0.2) is 5.60 Å². The number of carboxylic acid groups (broad SMARTS) is 1. The first-order valence-electron chi connectivity index (χ1n) is 6.34. The molecule has 1 saturated heterocycles. The highest BCUT2D eigenvalue weighted by Crippen LogP contribution is 2.37. The number of hydrogen-bond acceptors (Lipinski definition) is 4. The summed E-state index contributed by atoms with van der Waals surface area (Å²) in [7, 11) is 0. The van der Waals surface area contributed by atoms with E-state index in [4.69, 9.17) is 5.11 Å². The summed E-state index contributed by atoms with van der Waals surface area (Å²) in [6, 6.07) is 2.31. The Morgan fingerprint density at radius 1 is 1.36 bits per heavy atom. The number of aromatic carboxylic acids is 1. The molecular weight excluding hydrogens is 305 g/mol. The fraction of sp³-hybridized carbons (Fsp3) is 0.462. The highest BCUT2D eigenvalue weighted by Gasteiger charge is 2.57. The van der Waals surface area contributed by atoms with E-state index >= 15 is 0 Å². The Kier molecular flexibility index (Phi) is 3.86.